The van der Waals surface area contributed by atoms with E-state index in [0.29, 0.717) is 17.7 Å². The zero-order valence-corrected chi connectivity index (χ0v) is 14.3. The van der Waals surface area contributed by atoms with Crippen LogP contribution in [0.5, 0.6) is 0 Å². The number of carbonyl (C=O) groups is 2. The maximum Gasteiger partial charge on any atom is 0.256 e. The molecule has 1 aliphatic rings. The molecule has 1 atom stereocenters. The first kappa shape index (κ1) is 16.1. The van der Waals surface area contributed by atoms with Gasteiger partial charge >= 0.3 is 0 Å². The highest BCUT2D eigenvalue weighted by molar-refractivity contribution is 5.99. The fourth-order valence-electron chi connectivity index (χ4n) is 3.25. The Labute approximate surface area is 151 Å². The lowest BCUT2D eigenvalue weighted by Gasteiger charge is -2.26. The molecular weight excluding hydrogens is 328 g/mol. The van der Waals surface area contributed by atoms with Crippen LogP contribution >= 0.6 is 0 Å². The Morgan fingerprint density at radius 3 is 2.73 bits per heavy atom. The van der Waals surface area contributed by atoms with Crippen LogP contribution in [0.1, 0.15) is 45.1 Å². The molecule has 0 saturated heterocycles. The Hall–Kier alpha value is -3.34. The summed E-state index contributed by atoms with van der Waals surface area (Å²) in [5.41, 5.74) is 3.01. The largest absolute Gasteiger partial charge is 0.467 e. The summed E-state index contributed by atoms with van der Waals surface area (Å²) in [6.07, 6.45) is 1.27. The Balaban J connectivity index is 1.69. The smallest absolute Gasteiger partial charge is 0.256 e. The fourth-order valence-corrected chi connectivity index (χ4v) is 3.25. The number of hydrogen-bond donors (Lipinski definition) is 1. The Kier molecular flexibility index (Phi) is 4.05. The van der Waals surface area contributed by atoms with E-state index in [4.69, 9.17) is 4.42 Å². The summed E-state index contributed by atoms with van der Waals surface area (Å²) in [6, 6.07) is 18.5. The molecule has 1 N–H and O–H groups in total. The normalized spacial score (nSPS) is 15.8. The summed E-state index contributed by atoms with van der Waals surface area (Å²) < 4.78 is 5.43. The van der Waals surface area contributed by atoms with Crippen LogP contribution < -0.4 is 5.32 Å². The van der Waals surface area contributed by atoms with Gasteiger partial charge in [0.15, 0.2) is 5.78 Å². The monoisotopic (exact) mass is 346 g/mol. The molecule has 4 rings (SSSR count). The van der Waals surface area contributed by atoms with Crippen LogP contribution in [0.25, 0.3) is 0 Å². The van der Waals surface area contributed by atoms with Crippen molar-refractivity contribution >= 4 is 17.4 Å². The molecule has 0 aliphatic carbocycles. The maximum absolute atomic E-state index is 12.9. The van der Waals surface area contributed by atoms with Crippen molar-refractivity contribution < 1.29 is 14.0 Å². The van der Waals surface area contributed by atoms with E-state index in [0.717, 1.165) is 17.0 Å². The number of nitrogens with one attached hydrogen (secondary N) is 1. The number of Topliss-reactive ketones (excluding diaryl/α,β-unsaturated/α-hetero) is 1. The van der Waals surface area contributed by atoms with Crippen molar-refractivity contribution in [3.63, 3.8) is 0 Å². The van der Waals surface area contributed by atoms with Gasteiger partial charge in [-0.25, -0.2) is 0 Å². The molecule has 3 aromatic rings. The van der Waals surface area contributed by atoms with E-state index < -0.39 is 0 Å². The van der Waals surface area contributed by atoms with Crippen LogP contribution in [-0.4, -0.2) is 16.6 Å². The van der Waals surface area contributed by atoms with Gasteiger partial charge in [0.2, 0.25) is 0 Å². The third-order valence-corrected chi connectivity index (χ3v) is 4.54. The van der Waals surface area contributed by atoms with Crippen LogP contribution in [0.15, 0.2) is 71.3 Å². The van der Waals surface area contributed by atoms with Crippen molar-refractivity contribution in [2.75, 3.05) is 5.32 Å². The molecule has 1 aromatic heterocycles. The molecule has 0 spiro atoms. The number of anilines is 1. The van der Waals surface area contributed by atoms with Crippen LogP contribution in [0.3, 0.4) is 0 Å². The first-order valence-corrected chi connectivity index (χ1v) is 8.43. The molecule has 0 fully saturated rings. The van der Waals surface area contributed by atoms with E-state index in [1.165, 1.54) is 6.92 Å². The molecule has 1 amide bonds. The molecule has 0 saturated carbocycles. The zero-order chi connectivity index (χ0) is 18.1. The minimum atomic E-state index is -0.328. The van der Waals surface area contributed by atoms with Gasteiger partial charge in [-0.15, -0.1) is 0 Å². The predicted molar refractivity (Wildman–Crippen MR) is 97.8 cm³/mol. The lowest BCUT2D eigenvalue weighted by atomic mass is 10.1. The van der Waals surface area contributed by atoms with Crippen molar-refractivity contribution in [2.45, 2.75) is 19.6 Å². The zero-order valence-electron chi connectivity index (χ0n) is 14.3. The SMILES string of the molecule is CC(=O)c1cccc(N[C@@H]2c3ccccc3C(=O)N2Cc2ccco2)c1. The van der Waals surface area contributed by atoms with Gasteiger partial charge < -0.3 is 14.6 Å². The first-order chi connectivity index (χ1) is 12.6. The standard InChI is InChI=1S/C21H18N2O3/c1-14(24)15-6-4-7-16(12-15)22-20-18-9-2-3-10-19(18)21(25)23(20)13-17-8-5-11-26-17/h2-12,20,22H,13H2,1H3/t20-/m0/s1. The maximum atomic E-state index is 12.9. The number of benzene rings is 2. The van der Waals surface area contributed by atoms with Gasteiger partial charge in [-0.05, 0) is 37.3 Å². The number of rotatable bonds is 5. The van der Waals surface area contributed by atoms with Gasteiger partial charge in [-0.1, -0.05) is 30.3 Å². The van der Waals surface area contributed by atoms with Gasteiger partial charge in [-0.2, -0.15) is 0 Å². The number of carbonyl (C=O) groups excluding carboxylic acids is 2. The number of nitrogens with zero attached hydrogens (tertiary/aromatic N) is 1. The van der Waals surface area contributed by atoms with Crippen LogP contribution in [0.4, 0.5) is 5.69 Å². The molecule has 130 valence electrons. The van der Waals surface area contributed by atoms with Gasteiger partial charge in [0.1, 0.15) is 11.9 Å². The summed E-state index contributed by atoms with van der Waals surface area (Å²) >= 11 is 0. The molecule has 5 nitrogen and oxygen atoms in total. The summed E-state index contributed by atoms with van der Waals surface area (Å²) in [6.45, 7) is 1.90. The van der Waals surface area contributed by atoms with E-state index in [1.54, 1.807) is 23.3 Å². The van der Waals surface area contributed by atoms with E-state index in [-0.39, 0.29) is 17.9 Å². The molecule has 0 bridgehead atoms. The van der Waals surface area contributed by atoms with E-state index in [9.17, 15) is 9.59 Å². The van der Waals surface area contributed by atoms with Crippen LogP contribution in [-0.2, 0) is 6.54 Å². The second kappa shape index (κ2) is 6.52. The average molecular weight is 346 g/mol. The van der Waals surface area contributed by atoms with E-state index in [1.807, 2.05) is 48.5 Å². The Morgan fingerprint density at radius 2 is 1.96 bits per heavy atom. The van der Waals surface area contributed by atoms with Crippen molar-refractivity contribution in [1.29, 1.82) is 0 Å². The molecular formula is C21H18N2O3. The Morgan fingerprint density at radius 1 is 1.12 bits per heavy atom. The van der Waals surface area contributed by atoms with Gasteiger partial charge in [0.25, 0.3) is 5.91 Å². The minimum Gasteiger partial charge on any atom is -0.467 e. The first-order valence-electron chi connectivity index (χ1n) is 8.43. The summed E-state index contributed by atoms with van der Waals surface area (Å²) in [5, 5.41) is 3.40. The molecule has 26 heavy (non-hydrogen) atoms. The van der Waals surface area contributed by atoms with Crippen LogP contribution in [0.2, 0.25) is 0 Å². The van der Waals surface area contributed by atoms with E-state index >= 15 is 0 Å². The van der Waals surface area contributed by atoms with Gasteiger partial charge in [-0.3, -0.25) is 9.59 Å². The van der Waals surface area contributed by atoms with Crippen molar-refractivity contribution in [3.05, 3.63) is 89.4 Å². The second-order valence-electron chi connectivity index (χ2n) is 6.28. The molecule has 0 radical (unpaired) electrons. The van der Waals surface area contributed by atoms with E-state index in [2.05, 4.69) is 5.32 Å². The lowest BCUT2D eigenvalue weighted by Crippen LogP contribution is -2.31. The summed E-state index contributed by atoms with van der Waals surface area (Å²) in [4.78, 5) is 26.3. The number of furan rings is 1. The van der Waals surface area contributed by atoms with Gasteiger partial charge in [0, 0.05) is 22.4 Å². The third-order valence-electron chi connectivity index (χ3n) is 4.54. The molecule has 5 heteroatoms. The highest BCUT2D eigenvalue weighted by Gasteiger charge is 2.36. The third kappa shape index (κ3) is 2.88. The molecule has 0 unspecified atom stereocenters. The number of ketones is 1. The molecule has 1 aliphatic heterocycles. The molecule has 2 heterocycles. The highest BCUT2D eigenvalue weighted by atomic mass is 16.3. The number of fused-ring (bicyclic) bond motifs is 1. The minimum absolute atomic E-state index is 0.00369. The Bertz CT molecular complexity index is 963. The lowest BCUT2D eigenvalue weighted by molar-refractivity contribution is 0.0715. The molecule has 2 aromatic carbocycles. The fraction of sp³-hybridized carbons (Fsp3) is 0.143. The number of hydrogen-bond acceptors (Lipinski definition) is 4. The van der Waals surface area contributed by atoms with Crippen molar-refractivity contribution in [3.8, 4) is 0 Å². The predicted octanol–water partition coefficient (Wildman–Crippen LogP) is 4.25. The van der Waals surface area contributed by atoms with Crippen molar-refractivity contribution in [2.24, 2.45) is 0 Å². The van der Waals surface area contributed by atoms with Crippen molar-refractivity contribution in [1.82, 2.24) is 4.90 Å². The second-order valence-corrected chi connectivity index (χ2v) is 6.28. The van der Waals surface area contributed by atoms with Gasteiger partial charge in [0.05, 0.1) is 12.8 Å². The summed E-state index contributed by atoms with van der Waals surface area (Å²) in [5.74, 6) is 0.677. The average Bonchev–Trinajstić information content (AvgIpc) is 3.25. The van der Waals surface area contributed by atoms with Crippen LogP contribution in [0, 0.1) is 0 Å². The number of amides is 1. The quantitative estimate of drug-likeness (QED) is 0.702. The topological polar surface area (TPSA) is 62.6 Å². The highest BCUT2D eigenvalue weighted by Crippen LogP contribution is 2.35. The summed E-state index contributed by atoms with van der Waals surface area (Å²) in [7, 11) is 0.